The Balaban J connectivity index is 2.23. The Morgan fingerprint density at radius 1 is 1.08 bits per heavy atom. The fourth-order valence-electron chi connectivity index (χ4n) is 1.75. The molecule has 0 heterocycles. The van der Waals surface area contributed by atoms with Crippen LogP contribution < -0.4 is 15.6 Å². The quantitative estimate of drug-likeness (QED) is 0.388. The topological polar surface area (TPSA) is 130 Å². The molecule has 0 bridgehead atoms. The van der Waals surface area contributed by atoms with Gasteiger partial charge >= 0.3 is 0 Å². The van der Waals surface area contributed by atoms with Crippen LogP contribution in [0, 0.1) is 10.1 Å². The summed E-state index contributed by atoms with van der Waals surface area (Å²) < 4.78 is 26.9. The molecule has 0 fully saturated rings. The van der Waals surface area contributed by atoms with Crippen molar-refractivity contribution in [3.8, 4) is 0 Å². The van der Waals surface area contributed by atoms with Gasteiger partial charge in [-0.3, -0.25) is 30.5 Å². The molecule has 2 rings (SSSR count). The van der Waals surface area contributed by atoms with Crippen molar-refractivity contribution in [2.45, 2.75) is 4.90 Å². The second-order valence-electron chi connectivity index (χ2n) is 4.44. The first-order chi connectivity index (χ1) is 11.3. The minimum absolute atomic E-state index is 0.156. The number of carbonyl (C=O) groups excluding carboxylic acids is 1. The number of nitro benzene ring substituents is 1. The van der Waals surface area contributed by atoms with E-state index in [-0.39, 0.29) is 15.6 Å². The fraction of sp³-hybridized carbons (Fsp3) is 0. The molecule has 0 aromatic heterocycles. The lowest BCUT2D eigenvalue weighted by atomic mass is 10.3. The first-order valence-corrected chi connectivity index (χ1v) is 8.21. The van der Waals surface area contributed by atoms with Crippen LogP contribution in [0.1, 0.15) is 0 Å². The molecular weight excluding hydrogens is 360 g/mol. The van der Waals surface area contributed by atoms with E-state index in [0.29, 0.717) is 12.1 Å². The number of amides is 1. The molecule has 0 radical (unpaired) electrons. The van der Waals surface area contributed by atoms with Crippen molar-refractivity contribution < 1.29 is 18.1 Å². The van der Waals surface area contributed by atoms with Crippen LogP contribution in [0.15, 0.2) is 47.4 Å². The van der Waals surface area contributed by atoms with Crippen molar-refractivity contribution >= 4 is 45.1 Å². The molecule has 24 heavy (non-hydrogen) atoms. The van der Waals surface area contributed by atoms with Crippen LogP contribution in [0.2, 0.25) is 5.02 Å². The minimum atomic E-state index is -4.02. The van der Waals surface area contributed by atoms with Crippen LogP contribution in [0.3, 0.4) is 0 Å². The summed E-state index contributed by atoms with van der Waals surface area (Å²) >= 11 is 5.67. The number of sulfonamides is 1. The molecule has 2 aromatic carbocycles. The van der Waals surface area contributed by atoms with Gasteiger partial charge in [0.25, 0.3) is 15.7 Å². The van der Waals surface area contributed by atoms with Crippen molar-refractivity contribution in [3.05, 3.63) is 57.6 Å². The summed E-state index contributed by atoms with van der Waals surface area (Å²) in [6, 6.07) is 9.16. The lowest BCUT2D eigenvalue weighted by Crippen LogP contribution is -2.18. The third-order valence-electron chi connectivity index (χ3n) is 2.84. The van der Waals surface area contributed by atoms with Crippen molar-refractivity contribution in [3.63, 3.8) is 0 Å². The zero-order chi connectivity index (χ0) is 17.7. The number of hydrogen-bond donors (Lipinski definition) is 3. The molecule has 0 saturated heterocycles. The van der Waals surface area contributed by atoms with Gasteiger partial charge in [-0.1, -0.05) is 11.6 Å². The molecule has 2 aromatic rings. The molecule has 0 atom stereocenters. The number of carbonyl (C=O) groups is 1. The van der Waals surface area contributed by atoms with E-state index in [2.05, 4.69) is 15.6 Å². The Labute approximate surface area is 141 Å². The number of anilines is 2. The summed E-state index contributed by atoms with van der Waals surface area (Å²) in [4.78, 5) is 20.0. The number of nitrogens with zero attached hydrogens (tertiary/aromatic N) is 1. The zero-order valence-electron chi connectivity index (χ0n) is 11.9. The zero-order valence-corrected chi connectivity index (χ0v) is 13.5. The number of benzene rings is 2. The van der Waals surface area contributed by atoms with E-state index in [1.165, 1.54) is 30.3 Å². The van der Waals surface area contributed by atoms with Crippen LogP contribution in [0.4, 0.5) is 17.1 Å². The van der Waals surface area contributed by atoms with Gasteiger partial charge in [0.1, 0.15) is 5.02 Å². The van der Waals surface area contributed by atoms with E-state index in [9.17, 15) is 23.3 Å². The Kier molecular flexibility index (Phi) is 5.21. The summed E-state index contributed by atoms with van der Waals surface area (Å²) in [5.41, 5.74) is 5.07. The molecule has 0 spiro atoms. The molecule has 0 aliphatic heterocycles. The molecule has 126 valence electrons. The van der Waals surface area contributed by atoms with Gasteiger partial charge in [0.15, 0.2) is 0 Å². The number of nitrogens with one attached hydrogen (secondary N) is 3. The van der Waals surface area contributed by atoms with Gasteiger partial charge in [0.05, 0.1) is 15.5 Å². The van der Waals surface area contributed by atoms with E-state index < -0.39 is 20.6 Å². The third-order valence-corrected chi connectivity index (χ3v) is 4.54. The Hall–Kier alpha value is -2.85. The monoisotopic (exact) mass is 370 g/mol. The highest BCUT2D eigenvalue weighted by Gasteiger charge is 2.20. The SMILES string of the molecule is O=CNNc1ccc(NS(=O)(=O)c2ccc(Cl)c([N+](=O)[O-])c2)cc1. The maximum Gasteiger partial charge on any atom is 0.289 e. The normalized spacial score (nSPS) is 10.7. The lowest BCUT2D eigenvalue weighted by Gasteiger charge is -2.09. The van der Waals surface area contributed by atoms with Gasteiger partial charge < -0.3 is 0 Å². The fourth-order valence-corrected chi connectivity index (χ4v) is 3.01. The van der Waals surface area contributed by atoms with Crippen LogP contribution in [0.25, 0.3) is 0 Å². The number of hydrazine groups is 1. The predicted molar refractivity (Wildman–Crippen MR) is 88.2 cm³/mol. The highest BCUT2D eigenvalue weighted by molar-refractivity contribution is 7.92. The minimum Gasteiger partial charge on any atom is -0.299 e. The molecule has 9 nitrogen and oxygen atoms in total. The number of rotatable bonds is 7. The second kappa shape index (κ2) is 7.15. The van der Waals surface area contributed by atoms with Gasteiger partial charge in [0.2, 0.25) is 6.41 Å². The first-order valence-electron chi connectivity index (χ1n) is 6.35. The first kappa shape index (κ1) is 17.5. The number of hydrogen-bond acceptors (Lipinski definition) is 6. The van der Waals surface area contributed by atoms with Gasteiger partial charge in [-0.15, -0.1) is 0 Å². The maximum absolute atomic E-state index is 12.3. The molecule has 0 aliphatic carbocycles. The molecule has 0 aliphatic rings. The lowest BCUT2D eigenvalue weighted by molar-refractivity contribution is -0.384. The third kappa shape index (κ3) is 4.12. The van der Waals surface area contributed by atoms with E-state index in [1.54, 1.807) is 0 Å². The van der Waals surface area contributed by atoms with Crippen molar-refractivity contribution in [1.29, 1.82) is 0 Å². The van der Waals surface area contributed by atoms with Crippen LogP contribution in [-0.2, 0) is 14.8 Å². The van der Waals surface area contributed by atoms with Crippen LogP contribution in [-0.4, -0.2) is 19.8 Å². The molecule has 11 heteroatoms. The standard InChI is InChI=1S/C13H11ClN4O5S/c14-12-6-5-11(7-13(12)18(20)21)24(22,23)17-10-3-1-9(2-4-10)16-15-8-19/h1-8,16-17H,(H,15,19). The van der Waals surface area contributed by atoms with E-state index in [1.807, 2.05) is 0 Å². The summed E-state index contributed by atoms with van der Waals surface area (Å²) in [7, 11) is -4.02. The van der Waals surface area contributed by atoms with Gasteiger partial charge in [-0.05, 0) is 36.4 Å². The molecule has 0 unspecified atom stereocenters. The van der Waals surface area contributed by atoms with Crippen LogP contribution >= 0.6 is 11.6 Å². The van der Waals surface area contributed by atoms with Crippen molar-refractivity contribution in [2.24, 2.45) is 0 Å². The summed E-state index contributed by atoms with van der Waals surface area (Å²) in [5, 5.41) is 10.7. The van der Waals surface area contributed by atoms with E-state index >= 15 is 0 Å². The Bertz CT molecular complexity index is 870. The average Bonchev–Trinajstić information content (AvgIpc) is 2.54. The van der Waals surface area contributed by atoms with Crippen molar-refractivity contribution in [2.75, 3.05) is 10.1 Å². The van der Waals surface area contributed by atoms with Crippen LogP contribution in [0.5, 0.6) is 0 Å². The Morgan fingerprint density at radius 3 is 2.29 bits per heavy atom. The Morgan fingerprint density at radius 2 is 1.71 bits per heavy atom. The van der Waals surface area contributed by atoms with E-state index in [0.717, 1.165) is 12.1 Å². The van der Waals surface area contributed by atoms with Gasteiger partial charge in [0, 0.05) is 11.8 Å². The summed E-state index contributed by atoms with van der Waals surface area (Å²) in [5.74, 6) is 0. The highest BCUT2D eigenvalue weighted by atomic mass is 35.5. The highest BCUT2D eigenvalue weighted by Crippen LogP contribution is 2.28. The molecule has 1 amide bonds. The summed E-state index contributed by atoms with van der Waals surface area (Å²) in [6.45, 7) is 0. The van der Waals surface area contributed by atoms with Gasteiger partial charge in [-0.2, -0.15) is 0 Å². The largest absolute Gasteiger partial charge is 0.299 e. The number of nitro groups is 1. The average molecular weight is 371 g/mol. The van der Waals surface area contributed by atoms with E-state index in [4.69, 9.17) is 11.6 Å². The van der Waals surface area contributed by atoms with Crippen molar-refractivity contribution in [1.82, 2.24) is 5.43 Å². The number of halogens is 1. The molecular formula is C13H11ClN4O5S. The smallest absolute Gasteiger partial charge is 0.289 e. The second-order valence-corrected chi connectivity index (χ2v) is 6.53. The predicted octanol–water partition coefficient (Wildman–Crippen LogP) is 2.12. The summed E-state index contributed by atoms with van der Waals surface area (Å²) in [6.07, 6.45) is 0.448. The molecule has 3 N–H and O–H groups in total. The maximum atomic E-state index is 12.3. The van der Waals surface area contributed by atoms with Gasteiger partial charge in [-0.25, -0.2) is 8.42 Å². The molecule has 0 saturated carbocycles.